The fraction of sp³-hybridized carbons (Fsp3) is 0.400. The first kappa shape index (κ1) is 23.0. The van der Waals surface area contributed by atoms with Crippen LogP contribution in [0.3, 0.4) is 0 Å². The Morgan fingerprint density at radius 1 is 1.13 bits per heavy atom. The first-order chi connectivity index (χ1) is 14.5. The molecule has 1 aliphatic rings. The van der Waals surface area contributed by atoms with Crippen molar-refractivity contribution >= 4 is 21.6 Å². The molecule has 1 aromatic heterocycles. The molecule has 0 spiro atoms. The Balaban J connectivity index is 1.80. The van der Waals surface area contributed by atoms with Crippen molar-refractivity contribution in [3.63, 3.8) is 0 Å². The number of anilines is 1. The van der Waals surface area contributed by atoms with E-state index < -0.39 is 39.8 Å². The zero-order valence-electron chi connectivity index (χ0n) is 16.8. The molecule has 1 amide bonds. The van der Waals surface area contributed by atoms with Gasteiger partial charge >= 0.3 is 6.18 Å². The predicted molar refractivity (Wildman–Crippen MR) is 108 cm³/mol. The summed E-state index contributed by atoms with van der Waals surface area (Å²) in [7, 11) is -3.74. The molecular weight excluding hydrogens is 435 g/mol. The van der Waals surface area contributed by atoms with Gasteiger partial charge in [-0.15, -0.1) is 0 Å². The minimum absolute atomic E-state index is 0.0587. The molecular formula is C20H22F3N3O4S. The van der Waals surface area contributed by atoms with E-state index in [-0.39, 0.29) is 10.6 Å². The lowest BCUT2D eigenvalue weighted by atomic mass is 10.2. The van der Waals surface area contributed by atoms with E-state index in [1.165, 1.54) is 16.4 Å². The van der Waals surface area contributed by atoms with Gasteiger partial charge in [-0.05, 0) is 49.6 Å². The molecule has 31 heavy (non-hydrogen) atoms. The van der Waals surface area contributed by atoms with Crippen molar-refractivity contribution in [2.75, 3.05) is 18.4 Å². The topological polar surface area (TPSA) is 88.5 Å². The number of aryl methyl sites for hydroxylation is 1. The number of piperidine rings is 1. The van der Waals surface area contributed by atoms with Gasteiger partial charge in [-0.1, -0.05) is 12.5 Å². The van der Waals surface area contributed by atoms with E-state index in [9.17, 15) is 31.2 Å². The van der Waals surface area contributed by atoms with Crippen molar-refractivity contribution in [3.8, 4) is 0 Å². The van der Waals surface area contributed by atoms with Crippen LogP contribution in [0, 0.1) is 6.92 Å². The lowest BCUT2D eigenvalue weighted by Gasteiger charge is -2.26. The molecule has 1 aromatic carbocycles. The van der Waals surface area contributed by atoms with Crippen molar-refractivity contribution in [2.45, 2.75) is 43.8 Å². The number of amides is 1. The van der Waals surface area contributed by atoms with Gasteiger partial charge < -0.3 is 9.88 Å². The molecule has 168 valence electrons. The molecule has 0 bridgehead atoms. The molecule has 0 unspecified atom stereocenters. The van der Waals surface area contributed by atoms with Crippen LogP contribution in [0.25, 0.3) is 0 Å². The summed E-state index contributed by atoms with van der Waals surface area (Å²) in [4.78, 5) is 24.4. The number of nitrogens with zero attached hydrogens (tertiary/aromatic N) is 2. The highest BCUT2D eigenvalue weighted by Crippen LogP contribution is 2.27. The third kappa shape index (κ3) is 5.16. The SMILES string of the molecule is Cc1ccc(NC(=O)Cn2cccc(C(F)(F)F)c2=O)cc1S(=O)(=O)N1CCCCC1. The van der Waals surface area contributed by atoms with E-state index in [2.05, 4.69) is 5.32 Å². The van der Waals surface area contributed by atoms with Gasteiger partial charge in [0, 0.05) is 25.0 Å². The molecule has 1 fully saturated rings. The van der Waals surface area contributed by atoms with E-state index in [1.54, 1.807) is 13.0 Å². The maximum atomic E-state index is 13.0. The number of alkyl halides is 3. The van der Waals surface area contributed by atoms with E-state index in [1.807, 2.05) is 0 Å². The Hall–Kier alpha value is -2.66. The first-order valence-corrected chi connectivity index (χ1v) is 11.1. The van der Waals surface area contributed by atoms with Crippen molar-refractivity contribution in [1.82, 2.24) is 8.87 Å². The highest BCUT2D eigenvalue weighted by Gasteiger charge is 2.34. The largest absolute Gasteiger partial charge is 0.421 e. The maximum absolute atomic E-state index is 13.0. The van der Waals surface area contributed by atoms with Crippen LogP contribution in [-0.2, 0) is 27.5 Å². The van der Waals surface area contributed by atoms with E-state index >= 15 is 0 Å². The molecule has 2 aromatic rings. The third-order valence-electron chi connectivity index (χ3n) is 5.04. The summed E-state index contributed by atoms with van der Waals surface area (Å²) in [5.74, 6) is -0.758. The van der Waals surface area contributed by atoms with Crippen LogP contribution in [-0.4, -0.2) is 36.3 Å². The van der Waals surface area contributed by atoms with Gasteiger partial charge in [-0.2, -0.15) is 17.5 Å². The molecule has 0 radical (unpaired) electrons. The summed E-state index contributed by atoms with van der Waals surface area (Å²) in [6.45, 7) is 1.85. The van der Waals surface area contributed by atoms with Crippen LogP contribution in [0.2, 0.25) is 0 Å². The summed E-state index contributed by atoms with van der Waals surface area (Å²) >= 11 is 0. The number of hydrogen-bond acceptors (Lipinski definition) is 4. The number of benzene rings is 1. The van der Waals surface area contributed by atoms with Gasteiger partial charge in [0.2, 0.25) is 15.9 Å². The maximum Gasteiger partial charge on any atom is 0.421 e. The van der Waals surface area contributed by atoms with Crippen LogP contribution < -0.4 is 10.9 Å². The molecule has 2 heterocycles. The quantitative estimate of drug-likeness (QED) is 0.748. The molecule has 1 aliphatic heterocycles. The molecule has 3 rings (SSSR count). The number of pyridine rings is 1. The number of aromatic nitrogens is 1. The van der Waals surface area contributed by atoms with Gasteiger partial charge in [0.05, 0.1) is 4.90 Å². The van der Waals surface area contributed by atoms with Crippen LogP contribution in [0.4, 0.5) is 18.9 Å². The number of nitrogens with one attached hydrogen (secondary N) is 1. The number of carbonyl (C=O) groups is 1. The van der Waals surface area contributed by atoms with E-state index in [0.717, 1.165) is 31.5 Å². The molecule has 1 saturated heterocycles. The summed E-state index contributed by atoms with van der Waals surface area (Å²) in [5, 5.41) is 2.46. The second-order valence-corrected chi connectivity index (χ2v) is 9.25. The number of sulfonamides is 1. The minimum atomic E-state index is -4.83. The van der Waals surface area contributed by atoms with Crippen molar-refractivity contribution in [1.29, 1.82) is 0 Å². The standard InChI is InChI=1S/C20H22F3N3O4S/c1-14-7-8-15(12-17(14)31(29,30)26-10-3-2-4-11-26)24-18(27)13-25-9-5-6-16(19(25)28)20(21,22)23/h5-9,12H,2-4,10-11,13H2,1H3,(H,24,27). The number of hydrogen-bond donors (Lipinski definition) is 1. The summed E-state index contributed by atoms with van der Waals surface area (Å²) in [6, 6.07) is 6.05. The Morgan fingerprint density at radius 3 is 2.45 bits per heavy atom. The predicted octanol–water partition coefficient (Wildman–Crippen LogP) is 2.99. The Bertz CT molecular complexity index is 1140. The van der Waals surface area contributed by atoms with Gasteiger partial charge in [-0.25, -0.2) is 8.42 Å². The van der Waals surface area contributed by atoms with Crippen molar-refractivity contribution < 1.29 is 26.4 Å². The summed E-state index contributed by atoms with van der Waals surface area (Å²) in [5.41, 5.74) is -2.01. The smallest absolute Gasteiger partial charge is 0.324 e. The third-order valence-corrected chi connectivity index (χ3v) is 7.08. The monoisotopic (exact) mass is 457 g/mol. The van der Waals surface area contributed by atoms with Gasteiger partial charge in [0.1, 0.15) is 12.1 Å². The fourth-order valence-electron chi connectivity index (χ4n) is 3.43. The van der Waals surface area contributed by atoms with E-state index in [4.69, 9.17) is 0 Å². The highest BCUT2D eigenvalue weighted by molar-refractivity contribution is 7.89. The number of carbonyl (C=O) groups excluding carboxylic acids is 1. The molecule has 11 heteroatoms. The number of halogens is 3. The van der Waals surface area contributed by atoms with Crippen molar-refractivity contribution in [3.05, 3.63) is 58.0 Å². The summed E-state index contributed by atoms with van der Waals surface area (Å²) in [6.07, 6.45) is -1.22. The van der Waals surface area contributed by atoms with Gasteiger partial charge in [0.25, 0.3) is 5.56 Å². The molecule has 1 N–H and O–H groups in total. The zero-order valence-corrected chi connectivity index (χ0v) is 17.6. The van der Waals surface area contributed by atoms with Crippen LogP contribution in [0.5, 0.6) is 0 Å². The highest BCUT2D eigenvalue weighted by atomic mass is 32.2. The fourth-order valence-corrected chi connectivity index (χ4v) is 5.20. The second kappa shape index (κ2) is 8.83. The average Bonchev–Trinajstić information content (AvgIpc) is 2.70. The zero-order chi connectivity index (χ0) is 22.8. The van der Waals surface area contributed by atoms with Crippen molar-refractivity contribution in [2.24, 2.45) is 0 Å². The minimum Gasteiger partial charge on any atom is -0.324 e. The first-order valence-electron chi connectivity index (χ1n) is 9.67. The normalized spacial score (nSPS) is 15.6. The average molecular weight is 457 g/mol. The van der Waals surface area contributed by atoms with Crippen LogP contribution in [0.1, 0.15) is 30.4 Å². The number of rotatable bonds is 5. The summed E-state index contributed by atoms with van der Waals surface area (Å²) < 4.78 is 66.7. The van der Waals surface area contributed by atoms with Crippen LogP contribution in [0.15, 0.2) is 46.2 Å². The molecule has 0 aliphatic carbocycles. The van der Waals surface area contributed by atoms with Crippen LogP contribution >= 0.6 is 0 Å². The van der Waals surface area contributed by atoms with Gasteiger partial charge in [0.15, 0.2) is 0 Å². The molecule has 0 atom stereocenters. The van der Waals surface area contributed by atoms with Gasteiger partial charge in [-0.3, -0.25) is 9.59 Å². The lowest BCUT2D eigenvalue weighted by molar-refractivity contribution is -0.139. The Kier molecular flexibility index (Phi) is 6.56. The Labute approximate surface area is 177 Å². The van der Waals surface area contributed by atoms with E-state index in [0.29, 0.717) is 29.3 Å². The lowest BCUT2D eigenvalue weighted by Crippen LogP contribution is -2.36. The Morgan fingerprint density at radius 2 is 1.81 bits per heavy atom. The molecule has 7 nitrogen and oxygen atoms in total. The molecule has 0 saturated carbocycles. The second-order valence-electron chi connectivity index (χ2n) is 7.35.